The lowest BCUT2D eigenvalue weighted by molar-refractivity contribution is -0.141. The van der Waals surface area contributed by atoms with Crippen molar-refractivity contribution in [2.24, 2.45) is 11.1 Å². The number of nitrogens with zero attached hydrogens (tertiary/aromatic N) is 4. The zero-order valence-corrected chi connectivity index (χ0v) is 19.3. The third kappa shape index (κ3) is 5.62. The minimum atomic E-state index is -0.623. The first-order valence-corrected chi connectivity index (χ1v) is 10.9. The number of rotatable bonds is 6. The second-order valence-corrected chi connectivity index (χ2v) is 9.83. The number of carbonyl (C=O) groups excluding carboxylic acids is 2. The third-order valence-corrected chi connectivity index (χ3v) is 5.77. The summed E-state index contributed by atoms with van der Waals surface area (Å²) >= 11 is 6.17. The van der Waals surface area contributed by atoms with Gasteiger partial charge in [-0.15, -0.1) is 0 Å². The number of hydrogen-bond donors (Lipinski definition) is 2. The van der Waals surface area contributed by atoms with Crippen LogP contribution in [0.2, 0.25) is 5.02 Å². The van der Waals surface area contributed by atoms with Crippen LogP contribution in [0.1, 0.15) is 52.5 Å². The van der Waals surface area contributed by atoms with Crippen LogP contribution in [-0.4, -0.2) is 49.6 Å². The molecule has 1 unspecified atom stereocenters. The molecule has 9 heteroatoms. The van der Waals surface area contributed by atoms with Gasteiger partial charge in [0.25, 0.3) is 0 Å². The highest BCUT2D eigenvalue weighted by molar-refractivity contribution is 6.30. The van der Waals surface area contributed by atoms with E-state index in [0.717, 1.165) is 17.7 Å². The Morgan fingerprint density at radius 1 is 1.32 bits per heavy atom. The van der Waals surface area contributed by atoms with Gasteiger partial charge in [0, 0.05) is 17.6 Å². The number of amides is 2. The molecule has 1 aliphatic rings. The summed E-state index contributed by atoms with van der Waals surface area (Å²) in [5.74, 6) is -0.351. The van der Waals surface area contributed by atoms with Crippen molar-refractivity contribution in [2.45, 2.75) is 71.6 Å². The van der Waals surface area contributed by atoms with E-state index < -0.39 is 12.1 Å². The van der Waals surface area contributed by atoms with Gasteiger partial charge in [-0.1, -0.05) is 32.4 Å². The second kappa shape index (κ2) is 9.36. The standard InChI is InChI=1S/C22H31ClN6O2/c1-14-5-7-19(29(14)21(31)17(24)10-22(2,3)4)20(30)26-11-15-9-16(23)6-8-18(15)28-13-25-12-27-28/h6,8-9,12-14,17,19H,5,7,10-11,24H2,1-4H3,(H,26,30)/t14?,17-,19+/m1/s1. The van der Waals surface area contributed by atoms with Crippen LogP contribution in [0.5, 0.6) is 0 Å². The maximum absolute atomic E-state index is 13.1. The largest absolute Gasteiger partial charge is 0.350 e. The molecule has 0 saturated carbocycles. The van der Waals surface area contributed by atoms with Gasteiger partial charge in [-0.25, -0.2) is 9.67 Å². The molecule has 2 amide bonds. The van der Waals surface area contributed by atoms with Gasteiger partial charge in [-0.3, -0.25) is 9.59 Å². The molecule has 3 rings (SSSR count). The normalized spacial score (nSPS) is 20.0. The van der Waals surface area contributed by atoms with Crippen LogP contribution < -0.4 is 11.1 Å². The van der Waals surface area contributed by atoms with Gasteiger partial charge >= 0.3 is 0 Å². The predicted octanol–water partition coefficient (Wildman–Crippen LogP) is 2.68. The van der Waals surface area contributed by atoms with E-state index in [-0.39, 0.29) is 29.8 Å². The van der Waals surface area contributed by atoms with Gasteiger partial charge in [0.05, 0.1) is 11.7 Å². The zero-order chi connectivity index (χ0) is 22.8. The van der Waals surface area contributed by atoms with Crippen LogP contribution in [0, 0.1) is 5.41 Å². The summed E-state index contributed by atoms with van der Waals surface area (Å²) in [7, 11) is 0. The van der Waals surface area contributed by atoms with Crippen LogP contribution in [0.4, 0.5) is 0 Å². The first kappa shape index (κ1) is 23.2. The molecule has 168 valence electrons. The smallest absolute Gasteiger partial charge is 0.243 e. The lowest BCUT2D eigenvalue weighted by Crippen LogP contribution is -2.53. The molecule has 0 bridgehead atoms. The molecule has 1 aromatic carbocycles. The molecule has 1 fully saturated rings. The van der Waals surface area contributed by atoms with Crippen molar-refractivity contribution in [3.63, 3.8) is 0 Å². The molecule has 31 heavy (non-hydrogen) atoms. The maximum Gasteiger partial charge on any atom is 0.243 e. The van der Waals surface area contributed by atoms with Gasteiger partial charge in [0.15, 0.2) is 0 Å². The minimum Gasteiger partial charge on any atom is -0.350 e. The van der Waals surface area contributed by atoms with Gasteiger partial charge in [-0.05, 0) is 55.4 Å². The van der Waals surface area contributed by atoms with Gasteiger partial charge < -0.3 is 16.0 Å². The Morgan fingerprint density at radius 2 is 2.06 bits per heavy atom. The summed E-state index contributed by atoms with van der Waals surface area (Å²) < 4.78 is 1.62. The Balaban J connectivity index is 1.72. The Bertz CT molecular complexity index is 925. The Hall–Kier alpha value is -2.45. The first-order chi connectivity index (χ1) is 14.6. The monoisotopic (exact) mass is 446 g/mol. The third-order valence-electron chi connectivity index (χ3n) is 5.54. The van der Waals surface area contributed by atoms with Gasteiger partial charge in [-0.2, -0.15) is 5.10 Å². The molecule has 2 aromatic rings. The lowest BCUT2D eigenvalue weighted by atomic mass is 9.88. The number of hydrogen-bond acceptors (Lipinski definition) is 5. The van der Waals surface area contributed by atoms with Crippen molar-refractivity contribution in [1.29, 1.82) is 0 Å². The molecule has 3 atom stereocenters. The summed E-state index contributed by atoms with van der Waals surface area (Å²) in [6.07, 6.45) is 4.98. The van der Waals surface area contributed by atoms with Gasteiger partial charge in [0.2, 0.25) is 11.8 Å². The lowest BCUT2D eigenvalue weighted by Gasteiger charge is -2.32. The molecule has 1 saturated heterocycles. The molecular formula is C22H31ClN6O2. The molecule has 8 nitrogen and oxygen atoms in total. The van der Waals surface area contributed by atoms with Crippen LogP contribution in [-0.2, 0) is 16.1 Å². The number of likely N-dealkylation sites (tertiary alicyclic amines) is 1. The molecule has 2 heterocycles. The molecular weight excluding hydrogens is 416 g/mol. The second-order valence-electron chi connectivity index (χ2n) is 9.39. The topological polar surface area (TPSA) is 106 Å². The van der Waals surface area contributed by atoms with E-state index in [1.807, 2.05) is 13.0 Å². The average Bonchev–Trinajstić information content (AvgIpc) is 3.34. The van der Waals surface area contributed by atoms with Crippen molar-refractivity contribution >= 4 is 23.4 Å². The fourth-order valence-corrected chi connectivity index (χ4v) is 4.30. The Morgan fingerprint density at radius 3 is 2.71 bits per heavy atom. The van der Waals surface area contributed by atoms with Crippen LogP contribution in [0.25, 0.3) is 5.69 Å². The van der Waals surface area contributed by atoms with Crippen molar-refractivity contribution in [3.8, 4) is 5.69 Å². The van der Waals surface area contributed by atoms with E-state index in [1.54, 1.807) is 28.0 Å². The first-order valence-electron chi connectivity index (χ1n) is 10.6. The van der Waals surface area contributed by atoms with Gasteiger partial charge in [0.1, 0.15) is 18.7 Å². The average molecular weight is 447 g/mol. The summed E-state index contributed by atoms with van der Waals surface area (Å²) in [6.45, 7) is 8.38. The SMILES string of the molecule is CC1CC[C@@H](C(=O)NCc2cc(Cl)ccc2-n2cncn2)N1C(=O)[C@H](N)CC(C)(C)C. The Kier molecular flexibility index (Phi) is 7.01. The number of nitrogens with one attached hydrogen (secondary N) is 1. The fourth-order valence-electron chi connectivity index (χ4n) is 4.10. The summed E-state index contributed by atoms with van der Waals surface area (Å²) in [6, 6.07) is 4.21. The van der Waals surface area contributed by atoms with Crippen molar-refractivity contribution in [2.75, 3.05) is 0 Å². The summed E-state index contributed by atoms with van der Waals surface area (Å²) in [5, 5.41) is 7.69. The molecule has 0 aliphatic carbocycles. The van der Waals surface area contributed by atoms with Crippen LogP contribution in [0.3, 0.4) is 0 Å². The van der Waals surface area contributed by atoms with E-state index in [1.165, 1.54) is 6.33 Å². The maximum atomic E-state index is 13.1. The zero-order valence-electron chi connectivity index (χ0n) is 18.5. The van der Waals surface area contributed by atoms with Crippen LogP contribution in [0.15, 0.2) is 30.9 Å². The highest BCUT2D eigenvalue weighted by atomic mass is 35.5. The predicted molar refractivity (Wildman–Crippen MR) is 120 cm³/mol. The molecule has 1 aliphatic heterocycles. The fraction of sp³-hybridized carbons (Fsp3) is 0.545. The van der Waals surface area contributed by atoms with Crippen molar-refractivity contribution in [3.05, 3.63) is 41.4 Å². The Labute approximate surface area is 188 Å². The number of carbonyl (C=O) groups is 2. The van der Waals surface area contributed by atoms with Crippen molar-refractivity contribution < 1.29 is 9.59 Å². The van der Waals surface area contributed by atoms with Crippen molar-refractivity contribution in [1.82, 2.24) is 25.0 Å². The van der Waals surface area contributed by atoms with E-state index in [2.05, 4.69) is 36.2 Å². The molecule has 0 spiro atoms. The van der Waals surface area contributed by atoms with Crippen LogP contribution >= 0.6 is 11.6 Å². The molecule has 0 radical (unpaired) electrons. The van der Waals surface area contributed by atoms with E-state index in [4.69, 9.17) is 17.3 Å². The molecule has 1 aromatic heterocycles. The van der Waals surface area contributed by atoms with E-state index >= 15 is 0 Å². The minimum absolute atomic E-state index is 0.0221. The quantitative estimate of drug-likeness (QED) is 0.709. The summed E-state index contributed by atoms with van der Waals surface area (Å²) in [4.78, 5) is 31.8. The number of benzene rings is 1. The number of nitrogens with two attached hydrogens (primary N) is 1. The van der Waals surface area contributed by atoms with E-state index in [0.29, 0.717) is 17.9 Å². The molecule has 3 N–H and O–H groups in total. The summed E-state index contributed by atoms with van der Waals surface area (Å²) in [5.41, 5.74) is 7.73. The number of aromatic nitrogens is 3. The highest BCUT2D eigenvalue weighted by Gasteiger charge is 2.40. The number of halogens is 1. The van der Waals surface area contributed by atoms with E-state index in [9.17, 15) is 9.59 Å². The highest BCUT2D eigenvalue weighted by Crippen LogP contribution is 2.28.